The molecule has 0 saturated carbocycles. The van der Waals surface area contributed by atoms with Crippen LogP contribution in [0.1, 0.15) is 5.56 Å². The minimum atomic E-state index is -0.313. The Labute approximate surface area is 252 Å². The second kappa shape index (κ2) is 12.0. The van der Waals surface area contributed by atoms with Gasteiger partial charge in [0.25, 0.3) is 0 Å². The van der Waals surface area contributed by atoms with Crippen molar-refractivity contribution in [2.75, 3.05) is 19.5 Å². The van der Waals surface area contributed by atoms with Crippen LogP contribution in [0, 0.1) is 0 Å². The molecule has 0 amide bonds. The van der Waals surface area contributed by atoms with Gasteiger partial charge in [-0.1, -0.05) is 48.5 Å². The summed E-state index contributed by atoms with van der Waals surface area (Å²) in [7, 11) is 0. The van der Waals surface area contributed by atoms with Crippen LogP contribution in [0.4, 0.5) is 0 Å². The largest absolute Gasteiger partial charge is 0.475 e. The Morgan fingerprint density at radius 3 is 1.63 bits per heavy atom. The number of pyridine rings is 4. The van der Waals surface area contributed by atoms with E-state index in [0.717, 1.165) is 49.2 Å². The summed E-state index contributed by atoms with van der Waals surface area (Å²) in [6, 6.07) is 31.9. The van der Waals surface area contributed by atoms with Crippen LogP contribution in [0.2, 0.25) is 0 Å². The first-order chi connectivity index (χ1) is 21.2. The maximum atomic E-state index is 6.20. The summed E-state index contributed by atoms with van der Waals surface area (Å²) in [5.41, 5.74) is 4.32. The number of benzene rings is 3. The third-order valence-electron chi connectivity index (χ3n) is 7.21. The van der Waals surface area contributed by atoms with Gasteiger partial charge in [0.15, 0.2) is 0 Å². The molecule has 0 radical (unpaired) electrons. The smallest absolute Gasteiger partial charge is 0.213 e. The van der Waals surface area contributed by atoms with Gasteiger partial charge in [-0.25, -0.2) is 9.97 Å². The van der Waals surface area contributed by atoms with E-state index in [1.807, 2.05) is 54.7 Å². The second-order valence-electron chi connectivity index (χ2n) is 10.1. The van der Waals surface area contributed by atoms with Gasteiger partial charge >= 0.3 is 0 Å². The van der Waals surface area contributed by atoms with Gasteiger partial charge < -0.3 is 9.47 Å². The normalized spacial score (nSPS) is 11.8. The van der Waals surface area contributed by atoms with E-state index in [1.54, 1.807) is 24.2 Å². The van der Waals surface area contributed by atoms with E-state index in [1.165, 1.54) is 4.90 Å². The van der Waals surface area contributed by atoms with E-state index >= 15 is 0 Å². The van der Waals surface area contributed by atoms with Gasteiger partial charge in [0.1, 0.15) is 30.3 Å². The highest BCUT2D eigenvalue weighted by Crippen LogP contribution is 2.26. The van der Waals surface area contributed by atoms with Crippen LogP contribution in [0.5, 0.6) is 11.8 Å². The second-order valence-corrected chi connectivity index (χ2v) is 10.9. The van der Waals surface area contributed by atoms with Gasteiger partial charge in [0.2, 0.25) is 11.8 Å². The predicted molar refractivity (Wildman–Crippen MR) is 175 cm³/mol. The Balaban J connectivity index is 1.14. The molecule has 8 heteroatoms. The van der Waals surface area contributed by atoms with E-state index in [4.69, 9.17) is 24.4 Å². The molecule has 0 N–H and O–H groups in total. The minimum absolute atomic E-state index is 0.272. The van der Waals surface area contributed by atoms with E-state index in [9.17, 15) is 0 Å². The molecule has 4 heterocycles. The molecular formula is C35H27N5O2S. The number of aliphatic imine (C=N–C) groups is 1. The molecule has 43 heavy (non-hydrogen) atoms. The van der Waals surface area contributed by atoms with Crippen molar-refractivity contribution < 1.29 is 9.47 Å². The molecule has 0 aliphatic heterocycles. The summed E-state index contributed by atoms with van der Waals surface area (Å²) in [5.74, 6) is 1.02. The first kappa shape index (κ1) is 26.8. The van der Waals surface area contributed by atoms with Crippen molar-refractivity contribution >= 4 is 61.6 Å². The lowest BCUT2D eigenvalue weighted by atomic mass is 10.1. The molecule has 0 bridgehead atoms. The maximum absolute atomic E-state index is 6.20. The molecule has 0 spiro atoms. The molecule has 7 aromatic rings. The zero-order valence-electron chi connectivity index (χ0n) is 23.4. The van der Waals surface area contributed by atoms with Crippen LogP contribution < -0.4 is 9.47 Å². The standard InChI is InChI=1S/C35H27N5O2S/c1-43-29-14-6-23(7-15-29)20-38-28(21-41-30-16-12-26-10-8-24-4-2-18-36-32(24)34(26)39-30)22-42-31-17-13-27-11-9-25-5-3-19-37-33(25)35(27)40-31/h2-20,28H,21-22H2,1H3. The van der Waals surface area contributed by atoms with Crippen molar-refractivity contribution in [3.63, 3.8) is 0 Å². The fraction of sp³-hybridized carbons (Fsp3) is 0.114. The van der Waals surface area contributed by atoms with Crippen LogP contribution in [-0.2, 0) is 0 Å². The van der Waals surface area contributed by atoms with Gasteiger partial charge in [-0.05, 0) is 48.2 Å². The molecular weight excluding hydrogens is 554 g/mol. The molecule has 0 unspecified atom stereocenters. The molecule has 3 aromatic carbocycles. The molecule has 0 saturated heterocycles. The van der Waals surface area contributed by atoms with E-state index in [2.05, 4.69) is 64.8 Å². The van der Waals surface area contributed by atoms with Gasteiger partial charge in [0.05, 0.1) is 11.0 Å². The molecule has 0 atom stereocenters. The van der Waals surface area contributed by atoms with Crippen molar-refractivity contribution in [3.8, 4) is 11.8 Å². The topological polar surface area (TPSA) is 82.4 Å². The fourth-order valence-electron chi connectivity index (χ4n) is 4.95. The number of hydrogen-bond donors (Lipinski definition) is 0. The quantitative estimate of drug-likeness (QED) is 0.0989. The summed E-state index contributed by atoms with van der Waals surface area (Å²) in [6.45, 7) is 0.544. The predicted octanol–water partition coefficient (Wildman–Crippen LogP) is 7.55. The first-order valence-electron chi connectivity index (χ1n) is 14.0. The highest BCUT2D eigenvalue weighted by molar-refractivity contribution is 7.98. The van der Waals surface area contributed by atoms with Gasteiger partial charge in [-0.15, -0.1) is 11.8 Å². The van der Waals surface area contributed by atoms with E-state index in [-0.39, 0.29) is 19.3 Å². The number of ether oxygens (including phenoxy) is 2. The zero-order chi connectivity index (χ0) is 29.0. The van der Waals surface area contributed by atoms with Crippen LogP contribution in [0.25, 0.3) is 43.6 Å². The number of rotatable bonds is 9. The monoisotopic (exact) mass is 581 g/mol. The van der Waals surface area contributed by atoms with Crippen LogP contribution in [-0.4, -0.2) is 51.7 Å². The third kappa shape index (κ3) is 5.82. The zero-order valence-corrected chi connectivity index (χ0v) is 24.2. The lowest BCUT2D eigenvalue weighted by molar-refractivity contribution is 0.214. The van der Waals surface area contributed by atoms with E-state index < -0.39 is 0 Å². The van der Waals surface area contributed by atoms with E-state index in [0.29, 0.717) is 11.8 Å². The fourth-order valence-corrected chi connectivity index (χ4v) is 5.36. The lowest BCUT2D eigenvalue weighted by Crippen LogP contribution is -2.24. The van der Waals surface area contributed by atoms with Gasteiger partial charge in [-0.3, -0.25) is 15.0 Å². The summed E-state index contributed by atoms with van der Waals surface area (Å²) in [6.07, 6.45) is 7.49. The van der Waals surface area contributed by atoms with Crippen molar-refractivity contribution in [2.24, 2.45) is 4.99 Å². The number of aromatic nitrogens is 4. The lowest BCUT2D eigenvalue weighted by Gasteiger charge is -2.15. The highest BCUT2D eigenvalue weighted by Gasteiger charge is 2.13. The summed E-state index contributed by atoms with van der Waals surface area (Å²) < 4.78 is 12.4. The Morgan fingerprint density at radius 1 is 0.628 bits per heavy atom. The average molecular weight is 582 g/mol. The molecule has 0 fully saturated rings. The molecule has 7 nitrogen and oxygen atoms in total. The average Bonchev–Trinajstić information content (AvgIpc) is 3.08. The van der Waals surface area contributed by atoms with Crippen molar-refractivity contribution in [2.45, 2.75) is 10.9 Å². The van der Waals surface area contributed by atoms with Crippen LogP contribution >= 0.6 is 11.8 Å². The molecule has 0 aliphatic rings. The van der Waals surface area contributed by atoms with Gasteiger partial charge in [-0.2, -0.15) is 0 Å². The van der Waals surface area contributed by atoms with Crippen molar-refractivity contribution in [3.05, 3.63) is 115 Å². The Hall–Kier alpha value is -5.08. The SMILES string of the molecule is CSc1ccc(C=NC(COc2ccc3ccc4cccnc4c3n2)COc2ccc3ccc4cccnc4c3n2)cc1. The Kier molecular flexibility index (Phi) is 7.50. The number of hydrogen-bond acceptors (Lipinski definition) is 8. The number of fused-ring (bicyclic) bond motifs is 6. The number of nitrogens with zero attached hydrogens (tertiary/aromatic N) is 5. The molecule has 4 aromatic heterocycles. The highest BCUT2D eigenvalue weighted by atomic mass is 32.2. The number of thioether (sulfide) groups is 1. The summed E-state index contributed by atoms with van der Waals surface area (Å²) in [5, 5.41) is 4.09. The van der Waals surface area contributed by atoms with Crippen molar-refractivity contribution in [1.29, 1.82) is 0 Å². The third-order valence-corrected chi connectivity index (χ3v) is 7.95. The van der Waals surface area contributed by atoms with Crippen molar-refractivity contribution in [1.82, 2.24) is 19.9 Å². The summed E-state index contributed by atoms with van der Waals surface area (Å²) in [4.78, 5) is 24.7. The molecule has 0 aliphatic carbocycles. The Bertz CT molecular complexity index is 1980. The van der Waals surface area contributed by atoms with Gasteiger partial charge in [0, 0.05) is 57.2 Å². The molecule has 210 valence electrons. The molecule has 7 rings (SSSR count). The summed E-state index contributed by atoms with van der Waals surface area (Å²) >= 11 is 1.71. The minimum Gasteiger partial charge on any atom is -0.475 e. The maximum Gasteiger partial charge on any atom is 0.213 e. The van der Waals surface area contributed by atoms with Crippen LogP contribution in [0.15, 0.2) is 119 Å². The Morgan fingerprint density at radius 2 is 1.12 bits per heavy atom. The first-order valence-corrected chi connectivity index (χ1v) is 15.2. The van der Waals surface area contributed by atoms with Crippen LogP contribution in [0.3, 0.4) is 0 Å².